The van der Waals surface area contributed by atoms with Gasteiger partial charge in [-0.05, 0) is 25.2 Å². The highest BCUT2D eigenvalue weighted by molar-refractivity contribution is 7.98. The molecular weight excluding hydrogens is 275 g/mol. The zero-order valence-corrected chi connectivity index (χ0v) is 12.6. The van der Waals surface area contributed by atoms with E-state index in [4.69, 9.17) is 23.2 Å². The van der Waals surface area contributed by atoms with E-state index in [1.165, 1.54) is 0 Å². The van der Waals surface area contributed by atoms with Gasteiger partial charge in [-0.25, -0.2) is 4.98 Å². The molecule has 0 fully saturated rings. The molecular formula is C12H18Cl2N2S. The molecule has 2 nitrogen and oxygen atoms in total. The van der Waals surface area contributed by atoms with Gasteiger partial charge in [-0.3, -0.25) is 0 Å². The van der Waals surface area contributed by atoms with Gasteiger partial charge in [0.25, 0.3) is 0 Å². The van der Waals surface area contributed by atoms with Crippen LogP contribution in [0.25, 0.3) is 0 Å². The van der Waals surface area contributed by atoms with Crippen LogP contribution >= 0.6 is 35.0 Å². The Labute approximate surface area is 118 Å². The Balaban J connectivity index is 2.33. The molecule has 0 aliphatic heterocycles. The molecule has 0 atom stereocenters. The molecule has 0 bridgehead atoms. The first-order chi connectivity index (χ1) is 8.17. The average Bonchev–Trinajstić information content (AvgIpc) is 2.33. The zero-order chi connectivity index (χ0) is 12.7. The molecule has 0 spiro atoms. The fourth-order valence-electron chi connectivity index (χ4n) is 1.46. The Kier molecular flexibility index (Phi) is 7.28. The van der Waals surface area contributed by atoms with Gasteiger partial charge in [0.15, 0.2) is 0 Å². The van der Waals surface area contributed by atoms with Crippen LogP contribution in [0.5, 0.6) is 0 Å². The van der Waals surface area contributed by atoms with E-state index >= 15 is 0 Å². The number of halogens is 2. The van der Waals surface area contributed by atoms with Gasteiger partial charge in [-0.15, -0.1) is 0 Å². The number of thioether (sulfide) groups is 1. The average molecular weight is 293 g/mol. The standard InChI is InChI=1S/C12H18Cl2N2S/c1-3-16(4-2)7-8-17-9-11-10(13)5-6-12(14)15-11/h5-6H,3-4,7-9H2,1-2H3. The summed E-state index contributed by atoms with van der Waals surface area (Å²) in [5.41, 5.74) is 0.878. The highest BCUT2D eigenvalue weighted by atomic mass is 35.5. The van der Waals surface area contributed by atoms with Crippen molar-refractivity contribution in [1.29, 1.82) is 0 Å². The van der Waals surface area contributed by atoms with Crippen molar-refractivity contribution in [2.24, 2.45) is 0 Å². The Morgan fingerprint density at radius 1 is 1.24 bits per heavy atom. The van der Waals surface area contributed by atoms with Gasteiger partial charge < -0.3 is 4.90 Å². The zero-order valence-electron chi connectivity index (χ0n) is 10.2. The summed E-state index contributed by atoms with van der Waals surface area (Å²) >= 11 is 13.7. The molecule has 17 heavy (non-hydrogen) atoms. The molecule has 0 saturated heterocycles. The summed E-state index contributed by atoms with van der Waals surface area (Å²) in [7, 11) is 0. The normalized spacial score (nSPS) is 11.1. The Hall–Kier alpha value is 0.0400. The van der Waals surface area contributed by atoms with E-state index in [1.807, 2.05) is 11.8 Å². The van der Waals surface area contributed by atoms with Crippen molar-refractivity contribution in [3.63, 3.8) is 0 Å². The fourth-order valence-corrected chi connectivity index (χ4v) is 2.82. The lowest BCUT2D eigenvalue weighted by atomic mass is 10.4. The van der Waals surface area contributed by atoms with Crippen LogP contribution in [0, 0.1) is 0 Å². The Morgan fingerprint density at radius 2 is 1.94 bits per heavy atom. The van der Waals surface area contributed by atoms with Crippen molar-refractivity contribution in [1.82, 2.24) is 9.88 Å². The summed E-state index contributed by atoms with van der Waals surface area (Å²) in [6.07, 6.45) is 0. The lowest BCUT2D eigenvalue weighted by Crippen LogP contribution is -2.25. The van der Waals surface area contributed by atoms with Crippen LogP contribution in [-0.4, -0.2) is 35.3 Å². The second kappa shape index (κ2) is 8.20. The van der Waals surface area contributed by atoms with Crippen LogP contribution in [0.3, 0.4) is 0 Å². The first-order valence-corrected chi connectivity index (χ1v) is 7.69. The number of rotatable bonds is 7. The maximum atomic E-state index is 6.05. The molecule has 0 saturated carbocycles. The van der Waals surface area contributed by atoms with Crippen molar-refractivity contribution >= 4 is 35.0 Å². The molecule has 0 aromatic carbocycles. The van der Waals surface area contributed by atoms with E-state index in [1.54, 1.807) is 12.1 Å². The van der Waals surface area contributed by atoms with E-state index in [2.05, 4.69) is 23.7 Å². The van der Waals surface area contributed by atoms with Crippen molar-refractivity contribution in [3.05, 3.63) is 28.0 Å². The van der Waals surface area contributed by atoms with Gasteiger partial charge in [0.2, 0.25) is 0 Å². The second-order valence-corrected chi connectivity index (χ2v) is 5.54. The summed E-state index contributed by atoms with van der Waals surface area (Å²) < 4.78 is 0. The minimum atomic E-state index is 0.508. The lowest BCUT2D eigenvalue weighted by molar-refractivity contribution is 0.324. The van der Waals surface area contributed by atoms with Gasteiger partial charge in [0.1, 0.15) is 5.15 Å². The van der Waals surface area contributed by atoms with Crippen molar-refractivity contribution in [3.8, 4) is 0 Å². The molecule has 0 radical (unpaired) electrons. The number of nitrogens with zero attached hydrogens (tertiary/aromatic N) is 2. The van der Waals surface area contributed by atoms with Crippen molar-refractivity contribution in [2.45, 2.75) is 19.6 Å². The Bertz CT molecular complexity index is 343. The minimum Gasteiger partial charge on any atom is -0.303 e. The fraction of sp³-hybridized carbons (Fsp3) is 0.583. The van der Waals surface area contributed by atoms with E-state index in [-0.39, 0.29) is 0 Å². The van der Waals surface area contributed by atoms with Crippen molar-refractivity contribution in [2.75, 3.05) is 25.4 Å². The number of aromatic nitrogens is 1. The third-order valence-corrected chi connectivity index (χ3v) is 4.07. The van der Waals surface area contributed by atoms with Crippen LogP contribution < -0.4 is 0 Å². The molecule has 1 aromatic rings. The third-order valence-electron chi connectivity index (χ3n) is 2.57. The van der Waals surface area contributed by atoms with Crippen LogP contribution in [-0.2, 0) is 5.75 Å². The number of pyridine rings is 1. The number of hydrogen-bond donors (Lipinski definition) is 0. The predicted molar refractivity (Wildman–Crippen MR) is 78.2 cm³/mol. The van der Waals surface area contributed by atoms with Gasteiger partial charge in [-0.2, -0.15) is 11.8 Å². The van der Waals surface area contributed by atoms with Gasteiger partial charge in [-0.1, -0.05) is 37.0 Å². The summed E-state index contributed by atoms with van der Waals surface area (Å²) in [6.45, 7) is 7.68. The molecule has 1 rings (SSSR count). The molecule has 5 heteroatoms. The quantitative estimate of drug-likeness (QED) is 0.559. The topological polar surface area (TPSA) is 16.1 Å². The molecule has 1 heterocycles. The molecule has 1 aromatic heterocycles. The lowest BCUT2D eigenvalue weighted by Gasteiger charge is -2.17. The molecule has 0 amide bonds. The van der Waals surface area contributed by atoms with E-state index in [0.717, 1.165) is 36.8 Å². The maximum Gasteiger partial charge on any atom is 0.129 e. The van der Waals surface area contributed by atoms with Gasteiger partial charge in [0.05, 0.1) is 10.7 Å². The molecule has 0 aliphatic rings. The van der Waals surface area contributed by atoms with Crippen LogP contribution in [0.15, 0.2) is 12.1 Å². The van der Waals surface area contributed by atoms with E-state index in [0.29, 0.717) is 10.2 Å². The van der Waals surface area contributed by atoms with Gasteiger partial charge >= 0.3 is 0 Å². The first kappa shape index (κ1) is 15.1. The number of hydrogen-bond acceptors (Lipinski definition) is 3. The minimum absolute atomic E-state index is 0.508. The molecule has 96 valence electrons. The summed E-state index contributed by atoms with van der Waals surface area (Å²) in [5.74, 6) is 1.91. The highest BCUT2D eigenvalue weighted by Crippen LogP contribution is 2.21. The monoisotopic (exact) mass is 292 g/mol. The molecule has 0 N–H and O–H groups in total. The van der Waals surface area contributed by atoms with Crippen molar-refractivity contribution < 1.29 is 0 Å². The van der Waals surface area contributed by atoms with E-state index in [9.17, 15) is 0 Å². The smallest absolute Gasteiger partial charge is 0.129 e. The third kappa shape index (κ3) is 5.47. The highest BCUT2D eigenvalue weighted by Gasteiger charge is 2.04. The predicted octanol–water partition coefficient (Wildman–Crippen LogP) is 3.96. The van der Waals surface area contributed by atoms with E-state index < -0.39 is 0 Å². The van der Waals surface area contributed by atoms with Crippen LogP contribution in [0.1, 0.15) is 19.5 Å². The largest absolute Gasteiger partial charge is 0.303 e. The van der Waals surface area contributed by atoms with Crippen LogP contribution in [0.4, 0.5) is 0 Å². The summed E-state index contributed by atoms with van der Waals surface area (Å²) in [5, 5.41) is 1.21. The SMILES string of the molecule is CCN(CC)CCSCc1nc(Cl)ccc1Cl. The first-order valence-electron chi connectivity index (χ1n) is 5.78. The summed E-state index contributed by atoms with van der Waals surface area (Å²) in [4.78, 5) is 6.63. The second-order valence-electron chi connectivity index (χ2n) is 3.64. The Morgan fingerprint density at radius 3 is 2.59 bits per heavy atom. The van der Waals surface area contributed by atoms with Crippen LogP contribution in [0.2, 0.25) is 10.2 Å². The van der Waals surface area contributed by atoms with Gasteiger partial charge in [0, 0.05) is 18.1 Å². The summed E-state index contributed by atoms with van der Waals surface area (Å²) in [6, 6.07) is 3.52. The maximum absolute atomic E-state index is 6.05. The molecule has 0 unspecified atom stereocenters. The molecule has 0 aliphatic carbocycles.